The van der Waals surface area contributed by atoms with Crippen molar-refractivity contribution in [3.05, 3.63) is 82.0 Å². The smallest absolute Gasteiger partial charge is 0.282 e. The number of halogens is 1. The van der Waals surface area contributed by atoms with Crippen molar-refractivity contribution in [2.45, 2.75) is 18.6 Å². The van der Waals surface area contributed by atoms with Gasteiger partial charge in [0, 0.05) is 12.7 Å². The molecule has 9 heteroatoms. The van der Waals surface area contributed by atoms with Gasteiger partial charge in [0.1, 0.15) is 11.3 Å². The molecular weight excluding hydrogens is 417 g/mol. The summed E-state index contributed by atoms with van der Waals surface area (Å²) in [4.78, 5) is 30.1. The summed E-state index contributed by atoms with van der Waals surface area (Å²) in [7, 11) is 1.72. The molecule has 0 radical (unpaired) electrons. The maximum Gasteiger partial charge on any atom is 0.282 e. The van der Waals surface area contributed by atoms with E-state index in [0.717, 1.165) is 11.1 Å². The highest BCUT2D eigenvalue weighted by molar-refractivity contribution is 7.99. The van der Waals surface area contributed by atoms with Gasteiger partial charge >= 0.3 is 0 Å². The average molecular weight is 438 g/mol. The van der Waals surface area contributed by atoms with Gasteiger partial charge < -0.3 is 5.32 Å². The van der Waals surface area contributed by atoms with E-state index in [2.05, 4.69) is 15.4 Å². The van der Waals surface area contributed by atoms with E-state index in [4.69, 9.17) is 0 Å². The third kappa shape index (κ3) is 4.83. The summed E-state index contributed by atoms with van der Waals surface area (Å²) in [5, 5.41) is 7.45. The summed E-state index contributed by atoms with van der Waals surface area (Å²) in [6.45, 7) is 2.14. The molecule has 4 aromatic rings. The number of carbonyl (C=O) groups is 1. The van der Waals surface area contributed by atoms with E-state index in [1.165, 1.54) is 33.1 Å². The molecule has 0 aliphatic heterocycles. The minimum Gasteiger partial charge on any atom is -0.325 e. The molecule has 2 heterocycles. The van der Waals surface area contributed by atoms with Crippen LogP contribution < -0.4 is 10.9 Å². The molecule has 158 valence electrons. The van der Waals surface area contributed by atoms with Crippen molar-refractivity contribution < 1.29 is 9.18 Å². The maximum absolute atomic E-state index is 13.3. The van der Waals surface area contributed by atoms with Crippen LogP contribution in [0.1, 0.15) is 11.1 Å². The largest absolute Gasteiger partial charge is 0.325 e. The van der Waals surface area contributed by atoms with Gasteiger partial charge in [-0.1, -0.05) is 36.0 Å². The fraction of sp³-hybridized carbons (Fsp3) is 0.182. The standard InChI is InChI=1S/C22H20FN5O2S/c1-14-4-3-5-17(10-14)24-19(29)13-31-22-25-18-12-27(2)26-20(18)21(30)28(22)11-15-6-8-16(23)9-7-15/h3-10,12H,11,13H2,1-2H3,(H,24,29). The second-order valence-electron chi connectivity index (χ2n) is 7.16. The molecule has 1 amide bonds. The molecule has 4 rings (SSSR count). The van der Waals surface area contributed by atoms with Crippen molar-refractivity contribution >= 4 is 34.4 Å². The predicted octanol–water partition coefficient (Wildman–Crippen LogP) is 3.36. The monoisotopic (exact) mass is 437 g/mol. The van der Waals surface area contributed by atoms with Crippen molar-refractivity contribution in [3.8, 4) is 0 Å². The number of aryl methyl sites for hydroxylation is 2. The van der Waals surface area contributed by atoms with E-state index in [-0.39, 0.29) is 35.1 Å². The molecule has 0 aliphatic carbocycles. The molecule has 0 bridgehead atoms. The van der Waals surface area contributed by atoms with Gasteiger partial charge in [-0.05, 0) is 42.3 Å². The Morgan fingerprint density at radius 2 is 1.97 bits per heavy atom. The Morgan fingerprint density at radius 1 is 1.19 bits per heavy atom. The highest BCUT2D eigenvalue weighted by Crippen LogP contribution is 2.19. The lowest BCUT2D eigenvalue weighted by Crippen LogP contribution is -2.25. The minimum absolute atomic E-state index is 0.0789. The van der Waals surface area contributed by atoms with Crippen molar-refractivity contribution in [1.82, 2.24) is 19.3 Å². The van der Waals surface area contributed by atoms with Crippen molar-refractivity contribution in [2.75, 3.05) is 11.1 Å². The first-order valence-electron chi connectivity index (χ1n) is 9.57. The van der Waals surface area contributed by atoms with E-state index in [1.807, 2.05) is 31.2 Å². The fourth-order valence-corrected chi connectivity index (χ4v) is 3.96. The second-order valence-corrected chi connectivity index (χ2v) is 8.10. The number of aromatic nitrogens is 4. The Morgan fingerprint density at radius 3 is 2.71 bits per heavy atom. The molecule has 0 fully saturated rings. The van der Waals surface area contributed by atoms with Gasteiger partial charge in [0.2, 0.25) is 5.91 Å². The van der Waals surface area contributed by atoms with Crippen molar-refractivity contribution in [3.63, 3.8) is 0 Å². The fourth-order valence-electron chi connectivity index (χ4n) is 3.16. The van der Waals surface area contributed by atoms with E-state index in [1.54, 1.807) is 25.4 Å². The molecule has 0 spiro atoms. The quantitative estimate of drug-likeness (QED) is 0.370. The van der Waals surface area contributed by atoms with Crippen LogP contribution >= 0.6 is 11.8 Å². The van der Waals surface area contributed by atoms with Gasteiger partial charge in [-0.25, -0.2) is 9.37 Å². The summed E-state index contributed by atoms with van der Waals surface area (Å²) in [6, 6.07) is 13.4. The SMILES string of the molecule is Cc1cccc(NC(=O)CSc2nc3cn(C)nc3c(=O)n2Cc2ccc(F)cc2)c1. The second kappa shape index (κ2) is 8.73. The molecular formula is C22H20FN5O2S. The van der Waals surface area contributed by atoms with E-state index in [9.17, 15) is 14.0 Å². The number of nitrogens with one attached hydrogen (secondary N) is 1. The van der Waals surface area contributed by atoms with Crippen LogP contribution in [0.25, 0.3) is 11.0 Å². The van der Waals surface area contributed by atoms with Crippen LogP contribution in [0.5, 0.6) is 0 Å². The van der Waals surface area contributed by atoms with Gasteiger partial charge in [-0.2, -0.15) is 5.10 Å². The van der Waals surface area contributed by atoms with Crippen LogP contribution in [-0.2, 0) is 18.4 Å². The summed E-state index contributed by atoms with van der Waals surface area (Å²) in [5.41, 5.74) is 2.90. The number of amides is 1. The lowest BCUT2D eigenvalue weighted by Gasteiger charge is -2.12. The number of thioether (sulfide) groups is 1. The number of fused-ring (bicyclic) bond motifs is 1. The molecule has 0 saturated heterocycles. The van der Waals surface area contributed by atoms with Crippen LogP contribution in [0.3, 0.4) is 0 Å². The number of benzene rings is 2. The van der Waals surface area contributed by atoms with Gasteiger partial charge in [0.15, 0.2) is 10.7 Å². The highest BCUT2D eigenvalue weighted by atomic mass is 32.2. The Hall–Kier alpha value is -3.46. The summed E-state index contributed by atoms with van der Waals surface area (Å²) in [5.74, 6) is -0.475. The molecule has 31 heavy (non-hydrogen) atoms. The zero-order valence-electron chi connectivity index (χ0n) is 17.0. The van der Waals surface area contributed by atoms with Gasteiger partial charge in [0.25, 0.3) is 5.56 Å². The Kier molecular flexibility index (Phi) is 5.85. The Balaban J connectivity index is 1.61. The highest BCUT2D eigenvalue weighted by Gasteiger charge is 2.16. The van der Waals surface area contributed by atoms with E-state index < -0.39 is 0 Å². The van der Waals surface area contributed by atoms with Gasteiger partial charge in [-0.3, -0.25) is 18.8 Å². The van der Waals surface area contributed by atoms with Crippen molar-refractivity contribution in [1.29, 1.82) is 0 Å². The Bertz CT molecular complexity index is 1310. The van der Waals surface area contributed by atoms with E-state index >= 15 is 0 Å². The third-order valence-corrected chi connectivity index (χ3v) is 5.57. The predicted molar refractivity (Wildman–Crippen MR) is 119 cm³/mol. The van der Waals surface area contributed by atoms with Crippen LogP contribution in [0.15, 0.2) is 64.7 Å². The first-order chi connectivity index (χ1) is 14.9. The zero-order valence-corrected chi connectivity index (χ0v) is 17.8. The molecule has 1 N–H and O–H groups in total. The lowest BCUT2D eigenvalue weighted by molar-refractivity contribution is -0.113. The lowest BCUT2D eigenvalue weighted by atomic mass is 10.2. The molecule has 2 aromatic carbocycles. The van der Waals surface area contributed by atoms with Gasteiger partial charge in [0.05, 0.1) is 18.5 Å². The number of anilines is 1. The topological polar surface area (TPSA) is 81.8 Å². The number of hydrogen-bond donors (Lipinski definition) is 1. The molecule has 0 saturated carbocycles. The van der Waals surface area contributed by atoms with Crippen molar-refractivity contribution in [2.24, 2.45) is 7.05 Å². The van der Waals surface area contributed by atoms with E-state index in [0.29, 0.717) is 16.4 Å². The normalized spacial score (nSPS) is 11.1. The van der Waals surface area contributed by atoms with Crippen LogP contribution in [-0.4, -0.2) is 31.0 Å². The molecule has 7 nitrogen and oxygen atoms in total. The number of nitrogens with zero attached hydrogens (tertiary/aromatic N) is 4. The van der Waals surface area contributed by atoms with Crippen LogP contribution in [0.2, 0.25) is 0 Å². The zero-order chi connectivity index (χ0) is 22.0. The number of rotatable bonds is 6. The summed E-state index contributed by atoms with van der Waals surface area (Å²) < 4.78 is 16.3. The maximum atomic E-state index is 13.3. The number of hydrogen-bond acceptors (Lipinski definition) is 5. The average Bonchev–Trinajstić information content (AvgIpc) is 3.11. The molecule has 0 aliphatic rings. The third-order valence-electron chi connectivity index (χ3n) is 4.59. The minimum atomic E-state index is -0.350. The van der Waals surface area contributed by atoms with Crippen LogP contribution in [0.4, 0.5) is 10.1 Å². The van der Waals surface area contributed by atoms with Gasteiger partial charge in [-0.15, -0.1) is 0 Å². The van der Waals surface area contributed by atoms with Crippen LogP contribution in [0, 0.1) is 12.7 Å². The first-order valence-corrected chi connectivity index (χ1v) is 10.6. The summed E-state index contributed by atoms with van der Waals surface area (Å²) >= 11 is 1.17. The number of carbonyl (C=O) groups excluding carboxylic acids is 1. The molecule has 0 unspecified atom stereocenters. The molecule has 0 atom stereocenters. The Labute approximate surface area is 181 Å². The molecule has 2 aromatic heterocycles. The summed E-state index contributed by atoms with van der Waals surface area (Å²) in [6.07, 6.45) is 1.66. The first kappa shape index (κ1) is 20.8.